The summed E-state index contributed by atoms with van der Waals surface area (Å²) < 4.78 is 31.2. The van der Waals surface area contributed by atoms with E-state index in [1.807, 2.05) is 30.3 Å². The van der Waals surface area contributed by atoms with Gasteiger partial charge in [-0.25, -0.2) is 8.42 Å². The molecule has 0 aliphatic rings. The van der Waals surface area contributed by atoms with Crippen LogP contribution in [0.2, 0.25) is 0 Å². The first kappa shape index (κ1) is 15.4. The van der Waals surface area contributed by atoms with Gasteiger partial charge in [0.05, 0.1) is 11.4 Å². The van der Waals surface area contributed by atoms with Gasteiger partial charge in [0.25, 0.3) is 0 Å². The van der Waals surface area contributed by atoms with E-state index in [9.17, 15) is 8.42 Å². The Morgan fingerprint density at radius 1 is 1.00 bits per heavy atom. The van der Waals surface area contributed by atoms with Crippen LogP contribution < -0.4 is 0 Å². The number of aromatic nitrogens is 2. The molecule has 0 unspecified atom stereocenters. The van der Waals surface area contributed by atoms with Crippen molar-refractivity contribution in [2.75, 3.05) is 7.05 Å². The van der Waals surface area contributed by atoms with Gasteiger partial charge in [0.2, 0.25) is 21.7 Å². The molecule has 118 valence electrons. The maximum Gasteiger partial charge on any atom is 0.243 e. The monoisotopic (exact) mass is 329 g/mol. The molecule has 0 radical (unpaired) electrons. The summed E-state index contributed by atoms with van der Waals surface area (Å²) in [6.07, 6.45) is 0. The maximum absolute atomic E-state index is 12.4. The molecule has 0 saturated carbocycles. The fourth-order valence-electron chi connectivity index (χ4n) is 2.07. The minimum Gasteiger partial charge on any atom is -0.338 e. The molecule has 1 heterocycles. The Bertz CT molecular complexity index is 877. The van der Waals surface area contributed by atoms with Crippen molar-refractivity contribution in [2.45, 2.75) is 11.4 Å². The van der Waals surface area contributed by atoms with Crippen LogP contribution in [0.25, 0.3) is 11.4 Å². The Hall–Kier alpha value is -2.51. The van der Waals surface area contributed by atoms with Crippen LogP contribution in [0.1, 0.15) is 5.89 Å². The lowest BCUT2D eigenvalue weighted by Gasteiger charge is -2.14. The minimum absolute atomic E-state index is 0.0110. The van der Waals surface area contributed by atoms with Crippen LogP contribution in [0.5, 0.6) is 0 Å². The molecule has 23 heavy (non-hydrogen) atoms. The zero-order valence-corrected chi connectivity index (χ0v) is 13.3. The predicted octanol–water partition coefficient (Wildman–Crippen LogP) is 2.56. The van der Waals surface area contributed by atoms with E-state index in [1.165, 1.54) is 11.4 Å². The first-order valence-corrected chi connectivity index (χ1v) is 8.41. The lowest BCUT2D eigenvalue weighted by molar-refractivity contribution is 0.337. The number of rotatable bonds is 5. The standard InChI is InChI=1S/C16H15N3O3S/c1-19(23(20,21)14-10-6-3-7-11-14)12-15-17-16(18-22-15)13-8-4-2-5-9-13/h2-11H,12H2,1H3. The molecule has 1 aromatic heterocycles. The molecule has 0 N–H and O–H groups in total. The van der Waals surface area contributed by atoms with Crippen molar-refractivity contribution in [1.29, 1.82) is 0 Å². The van der Waals surface area contributed by atoms with Crippen LogP contribution in [-0.2, 0) is 16.6 Å². The Kier molecular flexibility index (Phi) is 4.22. The molecule has 0 aliphatic carbocycles. The molecule has 0 aliphatic heterocycles. The highest BCUT2D eigenvalue weighted by Crippen LogP contribution is 2.18. The normalized spacial score (nSPS) is 11.7. The van der Waals surface area contributed by atoms with Gasteiger partial charge >= 0.3 is 0 Å². The summed E-state index contributed by atoms with van der Waals surface area (Å²) >= 11 is 0. The van der Waals surface area contributed by atoms with Gasteiger partial charge in [-0.2, -0.15) is 9.29 Å². The number of hydrogen-bond acceptors (Lipinski definition) is 5. The fourth-order valence-corrected chi connectivity index (χ4v) is 3.21. The summed E-state index contributed by atoms with van der Waals surface area (Å²) in [5.74, 6) is 0.678. The first-order chi connectivity index (χ1) is 11.1. The second-order valence-corrected chi connectivity index (χ2v) is 7.00. The summed E-state index contributed by atoms with van der Waals surface area (Å²) in [6, 6.07) is 17.6. The highest BCUT2D eigenvalue weighted by molar-refractivity contribution is 7.89. The van der Waals surface area contributed by atoms with E-state index < -0.39 is 10.0 Å². The van der Waals surface area contributed by atoms with Crippen molar-refractivity contribution in [3.05, 3.63) is 66.6 Å². The number of nitrogens with zero attached hydrogens (tertiary/aromatic N) is 3. The number of hydrogen-bond donors (Lipinski definition) is 0. The molecule has 3 rings (SSSR count). The minimum atomic E-state index is -3.59. The topological polar surface area (TPSA) is 76.3 Å². The second-order valence-electron chi connectivity index (χ2n) is 4.95. The summed E-state index contributed by atoms with van der Waals surface area (Å²) in [5.41, 5.74) is 0.816. The third-order valence-electron chi connectivity index (χ3n) is 3.31. The molecule has 7 heteroatoms. The van der Waals surface area contributed by atoms with Crippen LogP contribution in [0, 0.1) is 0 Å². The van der Waals surface area contributed by atoms with E-state index >= 15 is 0 Å². The maximum atomic E-state index is 12.4. The van der Waals surface area contributed by atoms with Crippen molar-refractivity contribution in [3.8, 4) is 11.4 Å². The third kappa shape index (κ3) is 3.30. The van der Waals surface area contributed by atoms with Crippen LogP contribution in [0.4, 0.5) is 0 Å². The van der Waals surface area contributed by atoms with Gasteiger partial charge in [-0.3, -0.25) is 0 Å². The lowest BCUT2D eigenvalue weighted by atomic mass is 10.2. The van der Waals surface area contributed by atoms with Gasteiger partial charge in [0.1, 0.15) is 0 Å². The van der Waals surface area contributed by atoms with Gasteiger partial charge in [0, 0.05) is 12.6 Å². The lowest BCUT2D eigenvalue weighted by Crippen LogP contribution is -2.26. The Morgan fingerprint density at radius 2 is 1.61 bits per heavy atom. The van der Waals surface area contributed by atoms with Gasteiger partial charge in [-0.05, 0) is 12.1 Å². The van der Waals surface area contributed by atoms with Gasteiger partial charge in [0.15, 0.2) is 0 Å². The predicted molar refractivity (Wildman–Crippen MR) is 84.8 cm³/mol. The Balaban J connectivity index is 1.79. The molecular weight excluding hydrogens is 314 g/mol. The van der Waals surface area contributed by atoms with Crippen molar-refractivity contribution < 1.29 is 12.9 Å². The van der Waals surface area contributed by atoms with Gasteiger partial charge in [-0.15, -0.1) is 0 Å². The number of benzene rings is 2. The molecule has 0 atom stereocenters. The van der Waals surface area contributed by atoms with Crippen molar-refractivity contribution >= 4 is 10.0 Å². The molecule has 0 spiro atoms. The SMILES string of the molecule is CN(Cc1nc(-c2ccccc2)no1)S(=O)(=O)c1ccccc1. The van der Waals surface area contributed by atoms with E-state index in [2.05, 4.69) is 10.1 Å². The zero-order valence-electron chi connectivity index (χ0n) is 12.5. The molecule has 0 saturated heterocycles. The number of sulfonamides is 1. The molecule has 0 amide bonds. The Labute approximate surface area is 134 Å². The second kappa shape index (κ2) is 6.31. The average Bonchev–Trinajstić information content (AvgIpc) is 3.05. The van der Waals surface area contributed by atoms with E-state index in [4.69, 9.17) is 4.52 Å². The fraction of sp³-hybridized carbons (Fsp3) is 0.125. The quantitative estimate of drug-likeness (QED) is 0.719. The van der Waals surface area contributed by atoms with Crippen molar-refractivity contribution in [3.63, 3.8) is 0 Å². The van der Waals surface area contributed by atoms with E-state index in [0.717, 1.165) is 5.56 Å². The molecule has 0 bridgehead atoms. The zero-order chi connectivity index (χ0) is 16.3. The largest absolute Gasteiger partial charge is 0.338 e. The third-order valence-corrected chi connectivity index (χ3v) is 5.13. The van der Waals surface area contributed by atoms with Crippen LogP contribution in [0.15, 0.2) is 70.1 Å². The van der Waals surface area contributed by atoms with Gasteiger partial charge in [-0.1, -0.05) is 53.7 Å². The summed E-state index contributed by atoms with van der Waals surface area (Å²) in [7, 11) is -2.11. The molecule has 2 aromatic carbocycles. The molecule has 0 fully saturated rings. The summed E-state index contributed by atoms with van der Waals surface area (Å²) in [4.78, 5) is 4.47. The Morgan fingerprint density at radius 3 is 2.26 bits per heavy atom. The highest BCUT2D eigenvalue weighted by Gasteiger charge is 2.22. The van der Waals surface area contributed by atoms with Gasteiger partial charge < -0.3 is 4.52 Å². The molecular formula is C16H15N3O3S. The van der Waals surface area contributed by atoms with E-state index in [-0.39, 0.29) is 17.3 Å². The van der Waals surface area contributed by atoms with E-state index in [1.54, 1.807) is 30.3 Å². The van der Waals surface area contributed by atoms with Crippen LogP contribution in [0.3, 0.4) is 0 Å². The summed E-state index contributed by atoms with van der Waals surface area (Å²) in [5, 5.41) is 3.89. The smallest absolute Gasteiger partial charge is 0.243 e. The average molecular weight is 329 g/mol. The van der Waals surface area contributed by atoms with E-state index in [0.29, 0.717) is 5.82 Å². The van der Waals surface area contributed by atoms with Crippen LogP contribution >= 0.6 is 0 Å². The van der Waals surface area contributed by atoms with Crippen molar-refractivity contribution in [2.24, 2.45) is 0 Å². The molecule has 3 aromatic rings. The van der Waals surface area contributed by atoms with Crippen LogP contribution in [-0.4, -0.2) is 29.9 Å². The summed E-state index contributed by atoms with van der Waals surface area (Å²) in [6.45, 7) is 0.0110. The first-order valence-electron chi connectivity index (χ1n) is 6.97. The highest BCUT2D eigenvalue weighted by atomic mass is 32.2. The van der Waals surface area contributed by atoms with Crippen molar-refractivity contribution in [1.82, 2.24) is 14.4 Å². The molecule has 6 nitrogen and oxygen atoms in total.